The molecule has 1 atom stereocenters. The molecule has 0 radical (unpaired) electrons. The number of carbonyl (C=O) groups excluding carboxylic acids is 1. The van der Waals surface area contributed by atoms with Gasteiger partial charge in [-0.05, 0) is 12.3 Å². The van der Waals surface area contributed by atoms with Crippen molar-refractivity contribution in [1.29, 1.82) is 0 Å². The second-order valence-electron chi connectivity index (χ2n) is 4.71. The van der Waals surface area contributed by atoms with Crippen LogP contribution < -0.4 is 11.1 Å². The van der Waals surface area contributed by atoms with Crippen molar-refractivity contribution in [3.63, 3.8) is 0 Å². The largest absolute Gasteiger partial charge is 0.359 e. The average Bonchev–Trinajstić information content (AvgIpc) is 2.02. The van der Waals surface area contributed by atoms with Crippen molar-refractivity contribution in [2.45, 2.75) is 40.7 Å². The van der Waals surface area contributed by atoms with Gasteiger partial charge in [0.05, 0.1) is 5.41 Å². The molecule has 13 heavy (non-hydrogen) atoms. The topological polar surface area (TPSA) is 55.1 Å². The fraction of sp³-hybridized carbons (Fsp3) is 0.900. The molecule has 0 aliphatic carbocycles. The van der Waals surface area contributed by atoms with E-state index in [1.54, 1.807) is 7.05 Å². The Morgan fingerprint density at radius 1 is 1.31 bits per heavy atom. The van der Waals surface area contributed by atoms with Crippen molar-refractivity contribution in [2.24, 2.45) is 16.6 Å². The van der Waals surface area contributed by atoms with Gasteiger partial charge in [0.2, 0.25) is 5.91 Å². The highest BCUT2D eigenvalue weighted by atomic mass is 16.2. The molecule has 0 aromatic rings. The number of hydrogen-bond donors (Lipinski definition) is 2. The smallest absolute Gasteiger partial charge is 0.225 e. The predicted octanol–water partition coefficient (Wildman–Crippen LogP) is 1.13. The Morgan fingerprint density at radius 3 is 1.92 bits per heavy atom. The lowest BCUT2D eigenvalue weighted by molar-refractivity contribution is -0.135. The first-order valence-electron chi connectivity index (χ1n) is 4.65. The number of rotatable bonds is 3. The third-order valence-corrected chi connectivity index (χ3v) is 3.54. The van der Waals surface area contributed by atoms with Crippen LogP contribution in [0.2, 0.25) is 0 Å². The van der Waals surface area contributed by atoms with Gasteiger partial charge in [0.1, 0.15) is 0 Å². The molecule has 3 N–H and O–H groups in total. The van der Waals surface area contributed by atoms with Crippen LogP contribution in [0.4, 0.5) is 0 Å². The molecule has 78 valence electrons. The maximum atomic E-state index is 11.6. The minimum atomic E-state index is -0.448. The molecule has 0 aromatic heterocycles. The van der Waals surface area contributed by atoms with E-state index in [1.165, 1.54) is 0 Å². The van der Waals surface area contributed by atoms with Gasteiger partial charge in [-0.25, -0.2) is 0 Å². The molecule has 0 fully saturated rings. The molecule has 3 heteroatoms. The van der Waals surface area contributed by atoms with E-state index in [2.05, 4.69) is 5.32 Å². The molecule has 1 unspecified atom stereocenters. The second-order valence-corrected chi connectivity index (χ2v) is 4.71. The van der Waals surface area contributed by atoms with E-state index < -0.39 is 5.41 Å². The summed E-state index contributed by atoms with van der Waals surface area (Å²) >= 11 is 0. The van der Waals surface area contributed by atoms with Crippen LogP contribution in [0.15, 0.2) is 0 Å². The Morgan fingerprint density at radius 2 is 1.69 bits per heavy atom. The van der Waals surface area contributed by atoms with Crippen molar-refractivity contribution < 1.29 is 4.79 Å². The van der Waals surface area contributed by atoms with Crippen LogP contribution in [0.3, 0.4) is 0 Å². The van der Waals surface area contributed by atoms with Crippen LogP contribution in [0.5, 0.6) is 0 Å². The lowest BCUT2D eigenvalue weighted by atomic mass is 9.64. The van der Waals surface area contributed by atoms with Crippen molar-refractivity contribution in [3.8, 4) is 0 Å². The molecule has 0 aromatic carbocycles. The first-order valence-corrected chi connectivity index (χ1v) is 4.65. The standard InChI is InChI=1S/C10H22N2O/c1-7(11)9(2,3)10(4,5)8(13)12-6/h7H,11H2,1-6H3,(H,12,13). The number of nitrogens with two attached hydrogens (primary N) is 1. The minimum Gasteiger partial charge on any atom is -0.359 e. The monoisotopic (exact) mass is 186 g/mol. The normalized spacial score (nSPS) is 15.3. The quantitative estimate of drug-likeness (QED) is 0.694. The average molecular weight is 186 g/mol. The summed E-state index contributed by atoms with van der Waals surface area (Å²) in [5, 5.41) is 2.67. The molecule has 0 saturated heterocycles. The number of hydrogen-bond acceptors (Lipinski definition) is 2. The van der Waals surface area contributed by atoms with E-state index in [4.69, 9.17) is 5.73 Å². The lowest BCUT2D eigenvalue weighted by Crippen LogP contribution is -2.52. The number of amides is 1. The molecule has 3 nitrogen and oxygen atoms in total. The maximum Gasteiger partial charge on any atom is 0.225 e. The Hall–Kier alpha value is -0.570. The molecule has 0 aliphatic rings. The molecule has 0 aliphatic heterocycles. The van der Waals surface area contributed by atoms with Gasteiger partial charge in [-0.2, -0.15) is 0 Å². The molecule has 0 bridgehead atoms. The molecule has 0 heterocycles. The summed E-state index contributed by atoms with van der Waals surface area (Å²) in [7, 11) is 1.65. The number of carbonyl (C=O) groups is 1. The van der Waals surface area contributed by atoms with Gasteiger partial charge < -0.3 is 11.1 Å². The van der Waals surface area contributed by atoms with Crippen molar-refractivity contribution in [2.75, 3.05) is 7.05 Å². The van der Waals surface area contributed by atoms with E-state index in [1.807, 2.05) is 34.6 Å². The van der Waals surface area contributed by atoms with Crippen molar-refractivity contribution in [3.05, 3.63) is 0 Å². The second kappa shape index (κ2) is 3.66. The third kappa shape index (κ3) is 2.02. The van der Waals surface area contributed by atoms with Crippen LogP contribution in [0, 0.1) is 10.8 Å². The summed E-state index contributed by atoms with van der Waals surface area (Å²) in [5.74, 6) is 0.0369. The van der Waals surface area contributed by atoms with E-state index in [0.29, 0.717) is 0 Å². The molecular weight excluding hydrogens is 164 g/mol. The van der Waals surface area contributed by atoms with Gasteiger partial charge in [0.25, 0.3) is 0 Å². The van der Waals surface area contributed by atoms with E-state index in [9.17, 15) is 4.79 Å². The first-order chi connectivity index (χ1) is 5.67. The summed E-state index contributed by atoms with van der Waals surface area (Å²) < 4.78 is 0. The highest BCUT2D eigenvalue weighted by molar-refractivity contribution is 5.82. The summed E-state index contributed by atoms with van der Waals surface area (Å²) in [6.07, 6.45) is 0. The lowest BCUT2D eigenvalue weighted by Gasteiger charge is -2.42. The van der Waals surface area contributed by atoms with Crippen LogP contribution in [-0.4, -0.2) is 19.0 Å². The van der Waals surface area contributed by atoms with Crippen LogP contribution in [0.1, 0.15) is 34.6 Å². The van der Waals surface area contributed by atoms with Gasteiger partial charge in [0.15, 0.2) is 0 Å². The summed E-state index contributed by atoms with van der Waals surface area (Å²) in [6.45, 7) is 9.83. The highest BCUT2D eigenvalue weighted by Crippen LogP contribution is 2.40. The molecule has 0 rings (SSSR count). The zero-order chi connectivity index (χ0) is 10.9. The van der Waals surface area contributed by atoms with Crippen LogP contribution >= 0.6 is 0 Å². The van der Waals surface area contributed by atoms with Crippen molar-refractivity contribution in [1.82, 2.24) is 5.32 Å². The zero-order valence-corrected chi connectivity index (χ0v) is 9.56. The van der Waals surface area contributed by atoms with E-state index in [0.717, 1.165) is 0 Å². The predicted molar refractivity (Wildman–Crippen MR) is 55.3 cm³/mol. The molecular formula is C10H22N2O. The zero-order valence-electron chi connectivity index (χ0n) is 9.56. The maximum absolute atomic E-state index is 11.6. The summed E-state index contributed by atoms with van der Waals surface area (Å²) in [4.78, 5) is 11.6. The minimum absolute atomic E-state index is 0.0141. The molecule has 0 spiro atoms. The highest BCUT2D eigenvalue weighted by Gasteiger charge is 2.44. The summed E-state index contributed by atoms with van der Waals surface area (Å²) in [5.41, 5.74) is 5.21. The van der Waals surface area contributed by atoms with Gasteiger partial charge in [-0.1, -0.05) is 27.7 Å². The Labute approximate surface area is 81.1 Å². The first kappa shape index (κ1) is 12.4. The SMILES string of the molecule is CNC(=O)C(C)(C)C(C)(C)C(C)N. The Bertz CT molecular complexity index is 195. The van der Waals surface area contributed by atoms with E-state index >= 15 is 0 Å². The Balaban J connectivity index is 4.91. The summed E-state index contributed by atoms with van der Waals surface area (Å²) in [6, 6.07) is -0.0141. The van der Waals surface area contributed by atoms with Crippen LogP contribution in [-0.2, 0) is 4.79 Å². The van der Waals surface area contributed by atoms with Crippen LogP contribution in [0.25, 0.3) is 0 Å². The van der Waals surface area contributed by atoms with Crippen molar-refractivity contribution >= 4 is 5.91 Å². The fourth-order valence-electron chi connectivity index (χ4n) is 1.17. The van der Waals surface area contributed by atoms with Gasteiger partial charge in [0, 0.05) is 13.1 Å². The van der Waals surface area contributed by atoms with Gasteiger partial charge >= 0.3 is 0 Å². The van der Waals surface area contributed by atoms with Gasteiger partial charge in [-0.3, -0.25) is 4.79 Å². The molecule has 0 saturated carbocycles. The van der Waals surface area contributed by atoms with E-state index in [-0.39, 0.29) is 17.4 Å². The third-order valence-electron chi connectivity index (χ3n) is 3.54. The molecule has 1 amide bonds. The number of nitrogens with one attached hydrogen (secondary N) is 1. The Kier molecular flexibility index (Phi) is 3.50. The van der Waals surface area contributed by atoms with Gasteiger partial charge in [-0.15, -0.1) is 0 Å². The fourth-order valence-corrected chi connectivity index (χ4v) is 1.17.